The molecule has 4 saturated carbocycles. The molecule has 4 fully saturated rings. The van der Waals surface area contributed by atoms with Crippen molar-refractivity contribution in [2.75, 3.05) is 0 Å². The Kier molecular flexibility index (Phi) is 7.06. The van der Waals surface area contributed by atoms with Gasteiger partial charge in [-0.05, 0) is 97.2 Å². The first kappa shape index (κ1) is 22.9. The molecule has 1 radical (unpaired) electrons. The average Bonchev–Trinajstić information content (AvgIpc) is 2.67. The lowest BCUT2D eigenvalue weighted by Crippen LogP contribution is -3.39. The van der Waals surface area contributed by atoms with E-state index in [4.69, 9.17) is 0 Å². The average molecular weight is 513 g/mol. The molecule has 29 heavy (non-hydrogen) atoms. The molecule has 0 aromatic carbocycles. The molecule has 0 saturated heterocycles. The molecule has 1 heteroatoms. The van der Waals surface area contributed by atoms with Gasteiger partial charge in [0.25, 0.3) is 0 Å². The van der Waals surface area contributed by atoms with Crippen molar-refractivity contribution in [2.24, 2.45) is 52.3 Å². The lowest BCUT2D eigenvalue weighted by molar-refractivity contribution is -0.433. The van der Waals surface area contributed by atoms with E-state index in [2.05, 4.69) is 57.2 Å². The fraction of sp³-hybridized carbons (Fsp3) is 1.00. The van der Waals surface area contributed by atoms with Crippen LogP contribution in [-0.2, 0) is 0 Å². The van der Waals surface area contributed by atoms with Crippen LogP contribution in [0.1, 0.15) is 118 Å². The molecule has 0 bridgehead atoms. The number of fused-ring (bicyclic) bond motifs is 5. The van der Waals surface area contributed by atoms with Gasteiger partial charge in [-0.15, -0.1) is 0 Å². The van der Waals surface area contributed by atoms with Gasteiger partial charge >= 0.3 is 0 Å². The molecular weight excluding hydrogens is 463 g/mol. The first-order valence-corrected chi connectivity index (χ1v) is 14.6. The van der Waals surface area contributed by atoms with Gasteiger partial charge in [0.05, 0.1) is 0 Å². The molecule has 0 nitrogen and oxygen atoms in total. The predicted molar refractivity (Wildman–Crippen MR) is 121 cm³/mol. The zero-order valence-corrected chi connectivity index (χ0v) is 22.3. The third kappa shape index (κ3) is 4.22. The Morgan fingerprint density at radius 3 is 2.31 bits per heavy atom. The SMILES string of the molecule is CC(C)CCCC(C)[C@H]1CCCC2C3CCC4CC([I-])CC[C@]4(C)C3CC[C@@]21C. The van der Waals surface area contributed by atoms with Gasteiger partial charge in [0.1, 0.15) is 0 Å². The largest absolute Gasteiger partial charge is 0.793 e. The lowest BCUT2D eigenvalue weighted by atomic mass is 9.41. The van der Waals surface area contributed by atoms with Gasteiger partial charge in [-0.3, -0.25) is 0 Å². The van der Waals surface area contributed by atoms with Gasteiger partial charge in [-0.1, -0.05) is 73.1 Å². The molecule has 0 aromatic rings. The molecule has 6 unspecified atom stereocenters. The Bertz CT molecular complexity index is 555. The topological polar surface area (TPSA) is 0 Å². The summed E-state index contributed by atoms with van der Waals surface area (Å²) in [5, 5.41) is 0. The maximum absolute atomic E-state index is 2.77. The van der Waals surface area contributed by atoms with Crippen LogP contribution < -0.4 is 22.6 Å². The molecule has 0 spiro atoms. The second-order valence-electron chi connectivity index (χ2n) is 12.9. The van der Waals surface area contributed by atoms with E-state index in [9.17, 15) is 0 Å². The summed E-state index contributed by atoms with van der Waals surface area (Å²) in [7, 11) is 0. The zero-order valence-electron chi connectivity index (χ0n) is 20.2. The van der Waals surface area contributed by atoms with Crippen molar-refractivity contribution < 1.29 is 22.6 Å². The molecular formula is C28H49I-. The molecule has 9 atom stereocenters. The second-order valence-corrected chi connectivity index (χ2v) is 14.7. The van der Waals surface area contributed by atoms with E-state index in [0.29, 0.717) is 10.8 Å². The normalized spacial score (nSPS) is 48.5. The van der Waals surface area contributed by atoms with Crippen LogP contribution in [-0.4, -0.2) is 3.92 Å². The highest BCUT2D eigenvalue weighted by Crippen LogP contribution is 2.67. The lowest BCUT2D eigenvalue weighted by Gasteiger charge is -2.65. The van der Waals surface area contributed by atoms with Gasteiger partial charge in [-0.2, -0.15) is 3.92 Å². The molecule has 169 valence electrons. The predicted octanol–water partition coefficient (Wildman–Crippen LogP) is 5.42. The highest BCUT2D eigenvalue weighted by atomic mass is 127. The van der Waals surface area contributed by atoms with E-state index in [1.165, 1.54) is 51.4 Å². The summed E-state index contributed by atoms with van der Waals surface area (Å²) in [6, 6.07) is 0. The van der Waals surface area contributed by atoms with Crippen LogP contribution in [0.2, 0.25) is 0 Å². The minimum atomic E-state index is 0.653. The van der Waals surface area contributed by atoms with Crippen molar-refractivity contribution in [1.82, 2.24) is 0 Å². The minimum Gasteiger partial charge on any atom is -0.793 e. The van der Waals surface area contributed by atoms with Gasteiger partial charge in [0.2, 0.25) is 0 Å². The van der Waals surface area contributed by atoms with Crippen LogP contribution in [0.25, 0.3) is 0 Å². The molecule has 4 rings (SSSR count). The minimum absolute atomic E-state index is 0.653. The molecule has 0 amide bonds. The maximum atomic E-state index is 2.77. The van der Waals surface area contributed by atoms with Crippen LogP contribution in [0.5, 0.6) is 0 Å². The molecule has 0 N–H and O–H groups in total. The van der Waals surface area contributed by atoms with E-state index in [-0.39, 0.29) is 0 Å². The van der Waals surface area contributed by atoms with E-state index in [1.807, 2.05) is 0 Å². The van der Waals surface area contributed by atoms with Crippen LogP contribution >= 0.6 is 0 Å². The van der Waals surface area contributed by atoms with Crippen molar-refractivity contribution in [1.29, 1.82) is 0 Å². The Balaban J connectivity index is 1.49. The Morgan fingerprint density at radius 1 is 0.828 bits per heavy atom. The van der Waals surface area contributed by atoms with E-state index in [0.717, 1.165) is 45.3 Å². The van der Waals surface area contributed by atoms with Gasteiger partial charge < -0.3 is 22.6 Å². The van der Waals surface area contributed by atoms with E-state index in [1.54, 1.807) is 32.1 Å². The van der Waals surface area contributed by atoms with Crippen molar-refractivity contribution in [3.63, 3.8) is 0 Å². The summed E-state index contributed by atoms with van der Waals surface area (Å²) in [6.45, 7) is 12.9. The first-order valence-electron chi connectivity index (χ1n) is 13.4. The quantitative estimate of drug-likeness (QED) is 0.341. The maximum Gasteiger partial charge on any atom is -0.0264 e. The molecule has 4 aliphatic rings. The number of alkyl halides is 1. The highest BCUT2D eigenvalue weighted by molar-refractivity contribution is 5.08. The third-order valence-electron chi connectivity index (χ3n) is 11.0. The summed E-state index contributed by atoms with van der Waals surface area (Å²) >= 11 is 2.76. The smallest absolute Gasteiger partial charge is 0.0264 e. The zero-order chi connectivity index (χ0) is 20.8. The van der Waals surface area contributed by atoms with E-state index >= 15 is 0 Å². The molecule has 0 aliphatic heterocycles. The van der Waals surface area contributed by atoms with Gasteiger partial charge in [0.15, 0.2) is 0 Å². The summed E-state index contributed by atoms with van der Waals surface area (Å²) in [4.78, 5) is 0. The number of rotatable bonds is 5. The first-order chi connectivity index (χ1) is 13.8. The van der Waals surface area contributed by atoms with Crippen LogP contribution in [0.4, 0.5) is 0 Å². The Morgan fingerprint density at radius 2 is 1.55 bits per heavy atom. The number of hydrogen-bond donors (Lipinski definition) is 0. The summed E-state index contributed by atoms with van der Waals surface area (Å²) in [6.07, 6.45) is 19.8. The fourth-order valence-electron chi connectivity index (χ4n) is 9.43. The van der Waals surface area contributed by atoms with Crippen molar-refractivity contribution in [2.45, 2.75) is 122 Å². The fourth-order valence-corrected chi connectivity index (χ4v) is 10.4. The monoisotopic (exact) mass is 512 g/mol. The Labute approximate surface area is 196 Å². The standard InChI is InChI=1S/C28H49I/c1-19(2)8-6-9-20(3)24-10-7-11-25-23-13-12-21-18-22(29)14-16-27(21,4)26(23)15-17-28(24,25)5/h19-26H,6-18H2,1-5H3/q-1/t20?,21?,22?,23?,24-,25?,26?,27+,28-/m1/s1. The van der Waals surface area contributed by atoms with Gasteiger partial charge in [0, 0.05) is 0 Å². The summed E-state index contributed by atoms with van der Waals surface area (Å²) in [5.41, 5.74) is 1.34. The number of hydrogen-bond acceptors (Lipinski definition) is 0. The highest BCUT2D eigenvalue weighted by Gasteiger charge is 2.58. The molecule has 0 heterocycles. The Hall–Kier alpha value is 0.730. The van der Waals surface area contributed by atoms with Crippen LogP contribution in [0, 0.1) is 52.3 Å². The van der Waals surface area contributed by atoms with Crippen LogP contribution in [0.15, 0.2) is 0 Å². The van der Waals surface area contributed by atoms with Crippen molar-refractivity contribution >= 4 is 0 Å². The number of halogens is 1. The van der Waals surface area contributed by atoms with Gasteiger partial charge in [-0.25, -0.2) is 0 Å². The van der Waals surface area contributed by atoms with E-state index < -0.39 is 0 Å². The third-order valence-corrected chi connectivity index (χ3v) is 12.2. The summed E-state index contributed by atoms with van der Waals surface area (Å²) < 4.78 is 0.960. The van der Waals surface area contributed by atoms with Crippen molar-refractivity contribution in [3.05, 3.63) is 0 Å². The van der Waals surface area contributed by atoms with Crippen molar-refractivity contribution in [3.8, 4) is 0 Å². The summed E-state index contributed by atoms with van der Waals surface area (Å²) in [5.74, 6) is 7.02. The molecule has 0 aromatic heterocycles. The van der Waals surface area contributed by atoms with Crippen LogP contribution in [0.3, 0.4) is 0 Å². The second kappa shape index (κ2) is 8.93. The molecule has 4 aliphatic carbocycles.